The molecule has 3 N–H and O–H groups in total. The highest BCUT2D eigenvalue weighted by molar-refractivity contribution is 6.39. The Labute approximate surface area is 198 Å². The summed E-state index contributed by atoms with van der Waals surface area (Å²) in [7, 11) is 0. The maximum Gasteiger partial charge on any atom is 0.329 e. The van der Waals surface area contributed by atoms with Gasteiger partial charge in [-0.15, -0.1) is 0 Å². The summed E-state index contributed by atoms with van der Waals surface area (Å²) in [5.41, 5.74) is 7.13. The normalized spacial score (nSPS) is 10.6. The average Bonchev–Trinajstić information content (AvgIpc) is 2.81. The second-order valence-corrected chi connectivity index (χ2v) is 7.68. The molecule has 3 aromatic rings. The summed E-state index contributed by atoms with van der Waals surface area (Å²) in [5, 5.41) is 9.16. The van der Waals surface area contributed by atoms with Crippen LogP contribution in [0.2, 0.25) is 0 Å². The lowest BCUT2D eigenvalue weighted by Gasteiger charge is -2.11. The van der Waals surface area contributed by atoms with Gasteiger partial charge in [0.25, 0.3) is 5.91 Å². The van der Waals surface area contributed by atoms with Crippen molar-refractivity contribution in [3.05, 3.63) is 89.0 Å². The van der Waals surface area contributed by atoms with Crippen molar-refractivity contribution >= 4 is 35.3 Å². The van der Waals surface area contributed by atoms with Gasteiger partial charge in [-0.1, -0.05) is 36.4 Å². The van der Waals surface area contributed by atoms with Crippen molar-refractivity contribution in [3.8, 4) is 5.75 Å². The summed E-state index contributed by atoms with van der Waals surface area (Å²) in [6, 6.07) is 19.6. The molecule has 0 bridgehead atoms. The summed E-state index contributed by atoms with van der Waals surface area (Å²) < 4.78 is 5.57. The van der Waals surface area contributed by atoms with Crippen LogP contribution >= 0.6 is 0 Å². The molecule has 0 fully saturated rings. The number of anilines is 2. The molecule has 3 amide bonds. The number of ether oxygens (including phenoxy) is 1. The van der Waals surface area contributed by atoms with E-state index in [1.807, 2.05) is 45.0 Å². The van der Waals surface area contributed by atoms with Crippen LogP contribution in [-0.4, -0.2) is 30.5 Å². The van der Waals surface area contributed by atoms with Crippen molar-refractivity contribution < 1.29 is 19.1 Å². The lowest BCUT2D eigenvalue weighted by molar-refractivity contribution is -0.136. The highest BCUT2D eigenvalue weighted by Gasteiger charge is 2.13. The maximum absolute atomic E-state index is 12.2. The van der Waals surface area contributed by atoms with Gasteiger partial charge in [-0.05, 0) is 73.4 Å². The summed E-state index contributed by atoms with van der Waals surface area (Å²) in [6.45, 7) is 5.65. The van der Waals surface area contributed by atoms with Gasteiger partial charge >= 0.3 is 11.8 Å². The zero-order valence-corrected chi connectivity index (χ0v) is 19.2. The number of nitrogens with one attached hydrogen (secondary N) is 3. The first kappa shape index (κ1) is 24.2. The number of carbonyl (C=O) groups is 3. The van der Waals surface area contributed by atoms with Crippen LogP contribution in [0.5, 0.6) is 5.75 Å². The van der Waals surface area contributed by atoms with E-state index in [-0.39, 0.29) is 12.5 Å². The van der Waals surface area contributed by atoms with E-state index >= 15 is 0 Å². The smallest absolute Gasteiger partial charge is 0.329 e. The fraction of sp³-hybridized carbons (Fsp3) is 0.154. The second-order valence-electron chi connectivity index (χ2n) is 7.68. The molecular weight excluding hydrogens is 432 g/mol. The molecule has 8 heteroatoms. The van der Waals surface area contributed by atoms with Crippen LogP contribution < -0.4 is 20.8 Å². The topological polar surface area (TPSA) is 109 Å². The van der Waals surface area contributed by atoms with E-state index in [9.17, 15) is 14.4 Å². The lowest BCUT2D eigenvalue weighted by Crippen LogP contribution is -2.32. The molecule has 174 valence electrons. The quantitative estimate of drug-likeness (QED) is 0.285. The minimum atomic E-state index is -0.895. The molecule has 0 aliphatic rings. The third kappa shape index (κ3) is 7.03. The van der Waals surface area contributed by atoms with Crippen LogP contribution in [0.1, 0.15) is 22.3 Å². The third-order valence-electron chi connectivity index (χ3n) is 4.97. The number of benzene rings is 3. The van der Waals surface area contributed by atoms with Crippen LogP contribution in [0, 0.1) is 20.8 Å². The molecule has 0 aliphatic heterocycles. The van der Waals surface area contributed by atoms with Crippen LogP contribution in [0.25, 0.3) is 0 Å². The zero-order chi connectivity index (χ0) is 24.5. The Hall–Kier alpha value is -4.46. The van der Waals surface area contributed by atoms with Gasteiger partial charge in [0.1, 0.15) is 5.75 Å². The Bertz CT molecular complexity index is 1240. The summed E-state index contributed by atoms with van der Waals surface area (Å²) in [6.07, 6.45) is 1.38. The number of amides is 3. The fourth-order valence-corrected chi connectivity index (χ4v) is 3.03. The molecule has 0 radical (unpaired) electrons. The summed E-state index contributed by atoms with van der Waals surface area (Å²) >= 11 is 0. The lowest BCUT2D eigenvalue weighted by atomic mass is 10.1. The maximum atomic E-state index is 12.2. The fourth-order valence-electron chi connectivity index (χ4n) is 3.03. The number of aryl methyl sites for hydroxylation is 2. The molecule has 34 heavy (non-hydrogen) atoms. The highest BCUT2D eigenvalue weighted by atomic mass is 16.5. The molecule has 0 heterocycles. The number of hydrazone groups is 1. The first-order valence-corrected chi connectivity index (χ1v) is 10.6. The Morgan fingerprint density at radius 3 is 2.44 bits per heavy atom. The van der Waals surface area contributed by atoms with E-state index in [1.165, 1.54) is 6.21 Å². The van der Waals surface area contributed by atoms with Gasteiger partial charge in [0, 0.05) is 11.4 Å². The monoisotopic (exact) mass is 458 g/mol. The summed E-state index contributed by atoms with van der Waals surface area (Å²) in [4.78, 5) is 36.2. The van der Waals surface area contributed by atoms with Gasteiger partial charge < -0.3 is 15.4 Å². The van der Waals surface area contributed by atoms with Gasteiger partial charge in [-0.2, -0.15) is 5.10 Å². The predicted octanol–water partition coefficient (Wildman–Crippen LogP) is 3.72. The Kier molecular flexibility index (Phi) is 8.12. The van der Waals surface area contributed by atoms with Crippen LogP contribution in [-0.2, 0) is 14.4 Å². The largest absolute Gasteiger partial charge is 0.484 e. The molecule has 3 rings (SSSR count). The van der Waals surface area contributed by atoms with E-state index in [0.717, 1.165) is 22.4 Å². The molecule has 3 aromatic carbocycles. The average molecular weight is 459 g/mol. The van der Waals surface area contributed by atoms with Crippen molar-refractivity contribution in [2.24, 2.45) is 5.10 Å². The first-order valence-electron chi connectivity index (χ1n) is 10.6. The van der Waals surface area contributed by atoms with E-state index in [4.69, 9.17) is 4.74 Å². The van der Waals surface area contributed by atoms with Crippen LogP contribution in [0.3, 0.4) is 0 Å². The minimum absolute atomic E-state index is 0.163. The molecule has 0 saturated carbocycles. The SMILES string of the molecule is Cc1cccc(NC(=O)C(=O)N/N=C\c2cccc(OCC(=O)Nc3cccc(C)c3C)c2)c1. The van der Waals surface area contributed by atoms with E-state index in [0.29, 0.717) is 17.0 Å². The number of carbonyl (C=O) groups excluding carboxylic acids is 3. The van der Waals surface area contributed by atoms with Gasteiger partial charge in [0.05, 0.1) is 6.21 Å². The second kappa shape index (κ2) is 11.4. The molecule has 0 aliphatic carbocycles. The van der Waals surface area contributed by atoms with Crippen molar-refractivity contribution in [2.45, 2.75) is 20.8 Å². The van der Waals surface area contributed by atoms with Crippen molar-refractivity contribution in [3.63, 3.8) is 0 Å². The number of hydrogen-bond donors (Lipinski definition) is 3. The van der Waals surface area contributed by atoms with Gasteiger partial charge in [-0.25, -0.2) is 5.43 Å². The highest BCUT2D eigenvalue weighted by Crippen LogP contribution is 2.18. The first-order chi connectivity index (χ1) is 16.3. The molecule has 0 aromatic heterocycles. The van der Waals surface area contributed by atoms with Gasteiger partial charge in [0.2, 0.25) is 0 Å². The third-order valence-corrected chi connectivity index (χ3v) is 4.97. The Balaban J connectivity index is 1.49. The molecule has 0 saturated heterocycles. The molecule has 0 atom stereocenters. The number of rotatable bonds is 7. The number of nitrogens with zero attached hydrogens (tertiary/aromatic N) is 1. The van der Waals surface area contributed by atoms with Crippen molar-refractivity contribution in [1.29, 1.82) is 0 Å². The molecular formula is C26H26N4O4. The van der Waals surface area contributed by atoms with Crippen LogP contribution in [0.15, 0.2) is 71.8 Å². The van der Waals surface area contributed by atoms with Gasteiger partial charge in [-0.3, -0.25) is 14.4 Å². The minimum Gasteiger partial charge on any atom is -0.484 e. The predicted molar refractivity (Wildman–Crippen MR) is 132 cm³/mol. The van der Waals surface area contributed by atoms with Gasteiger partial charge in [0.15, 0.2) is 6.61 Å². The number of hydrogen-bond acceptors (Lipinski definition) is 5. The van der Waals surface area contributed by atoms with Crippen LogP contribution in [0.4, 0.5) is 11.4 Å². The standard InChI is InChI=1S/C26H26N4O4/c1-17-7-4-10-21(13-17)28-25(32)26(33)30-27-15-20-9-6-11-22(14-20)34-16-24(31)29-23-12-5-8-18(2)19(23)3/h4-15H,16H2,1-3H3,(H,28,32)(H,29,31)(H,30,33)/b27-15-. The van der Waals surface area contributed by atoms with Crippen molar-refractivity contribution in [2.75, 3.05) is 17.2 Å². The zero-order valence-electron chi connectivity index (χ0n) is 19.2. The molecule has 0 spiro atoms. The van der Waals surface area contributed by atoms with E-state index in [2.05, 4.69) is 21.2 Å². The summed E-state index contributed by atoms with van der Waals surface area (Å²) in [5.74, 6) is -1.54. The van der Waals surface area contributed by atoms with Crippen molar-refractivity contribution in [1.82, 2.24) is 5.43 Å². The Morgan fingerprint density at radius 2 is 1.65 bits per heavy atom. The van der Waals surface area contributed by atoms with E-state index < -0.39 is 11.8 Å². The molecule has 8 nitrogen and oxygen atoms in total. The Morgan fingerprint density at radius 1 is 0.882 bits per heavy atom. The van der Waals surface area contributed by atoms with E-state index in [1.54, 1.807) is 42.5 Å². The molecule has 0 unspecified atom stereocenters.